The molecule has 92 valence electrons. The maximum atomic E-state index is 12.2. The molecular formula is C13H17IN2O. The second-order valence-corrected chi connectivity index (χ2v) is 5.40. The molecule has 1 aromatic carbocycles. The van der Waals surface area contributed by atoms with E-state index in [0.717, 1.165) is 35.2 Å². The number of para-hydroxylation sites is 1. The van der Waals surface area contributed by atoms with E-state index >= 15 is 0 Å². The zero-order valence-corrected chi connectivity index (χ0v) is 12.1. The van der Waals surface area contributed by atoms with Crippen molar-refractivity contribution >= 4 is 34.2 Å². The summed E-state index contributed by atoms with van der Waals surface area (Å²) in [4.78, 5) is 14.1. The van der Waals surface area contributed by atoms with Gasteiger partial charge >= 0.3 is 0 Å². The number of anilines is 1. The van der Waals surface area contributed by atoms with Gasteiger partial charge in [-0.1, -0.05) is 19.1 Å². The average molecular weight is 344 g/mol. The monoisotopic (exact) mass is 344 g/mol. The first kappa shape index (κ1) is 12.8. The van der Waals surface area contributed by atoms with Crippen molar-refractivity contribution in [2.24, 2.45) is 0 Å². The Balaban J connectivity index is 2.10. The third-order valence-corrected chi connectivity index (χ3v) is 3.90. The molecule has 1 N–H and O–H groups in total. The lowest BCUT2D eigenvalue weighted by Crippen LogP contribution is -2.38. The lowest BCUT2D eigenvalue weighted by Gasteiger charge is -2.18. The van der Waals surface area contributed by atoms with Crippen molar-refractivity contribution in [3.05, 3.63) is 27.8 Å². The summed E-state index contributed by atoms with van der Waals surface area (Å²) in [6.07, 6.45) is 1.97. The van der Waals surface area contributed by atoms with Crippen LogP contribution >= 0.6 is 22.6 Å². The average Bonchev–Trinajstić information content (AvgIpc) is 2.69. The highest BCUT2D eigenvalue weighted by atomic mass is 127. The maximum absolute atomic E-state index is 12.2. The van der Waals surface area contributed by atoms with E-state index in [1.807, 2.05) is 29.2 Å². The highest BCUT2D eigenvalue weighted by Crippen LogP contribution is 2.26. The van der Waals surface area contributed by atoms with E-state index in [4.69, 9.17) is 0 Å². The topological polar surface area (TPSA) is 32.3 Å². The fourth-order valence-corrected chi connectivity index (χ4v) is 2.78. The number of carbonyl (C=O) groups excluding carboxylic acids is 1. The van der Waals surface area contributed by atoms with Crippen molar-refractivity contribution in [2.45, 2.75) is 25.8 Å². The third kappa shape index (κ3) is 2.80. The van der Waals surface area contributed by atoms with Crippen LogP contribution in [0.1, 0.15) is 19.8 Å². The van der Waals surface area contributed by atoms with Crippen molar-refractivity contribution in [3.8, 4) is 0 Å². The van der Waals surface area contributed by atoms with Crippen LogP contribution < -0.4 is 10.2 Å². The molecule has 0 bridgehead atoms. The van der Waals surface area contributed by atoms with Gasteiger partial charge in [0.1, 0.15) is 0 Å². The zero-order valence-electron chi connectivity index (χ0n) is 9.95. The van der Waals surface area contributed by atoms with Gasteiger partial charge in [-0.3, -0.25) is 4.79 Å². The Morgan fingerprint density at radius 3 is 2.94 bits per heavy atom. The number of hydrogen-bond donors (Lipinski definition) is 1. The Kier molecular flexibility index (Phi) is 4.39. The van der Waals surface area contributed by atoms with Crippen LogP contribution in [0.2, 0.25) is 0 Å². The van der Waals surface area contributed by atoms with Crippen molar-refractivity contribution < 1.29 is 4.79 Å². The minimum Gasteiger partial charge on any atom is -0.310 e. The van der Waals surface area contributed by atoms with Gasteiger partial charge in [0.25, 0.3) is 0 Å². The Morgan fingerprint density at radius 2 is 2.24 bits per heavy atom. The predicted octanol–water partition coefficient (Wildman–Crippen LogP) is 2.40. The molecule has 1 aliphatic heterocycles. The van der Waals surface area contributed by atoms with E-state index in [9.17, 15) is 4.79 Å². The first-order valence-corrected chi connectivity index (χ1v) is 7.11. The van der Waals surface area contributed by atoms with Crippen LogP contribution in [0.15, 0.2) is 24.3 Å². The summed E-state index contributed by atoms with van der Waals surface area (Å²) < 4.78 is 1.13. The van der Waals surface area contributed by atoms with E-state index in [-0.39, 0.29) is 11.9 Å². The second-order valence-electron chi connectivity index (χ2n) is 4.24. The Morgan fingerprint density at radius 1 is 1.47 bits per heavy atom. The fourth-order valence-electron chi connectivity index (χ4n) is 2.10. The third-order valence-electron chi connectivity index (χ3n) is 2.99. The summed E-state index contributed by atoms with van der Waals surface area (Å²) in [7, 11) is 0. The highest BCUT2D eigenvalue weighted by Gasteiger charge is 2.32. The Labute approximate surface area is 116 Å². The number of nitrogens with zero attached hydrogens (tertiary/aromatic N) is 1. The number of carbonyl (C=O) groups is 1. The van der Waals surface area contributed by atoms with Gasteiger partial charge in [-0.25, -0.2) is 0 Å². The minimum atomic E-state index is 0.00551. The van der Waals surface area contributed by atoms with Crippen LogP contribution in [0.5, 0.6) is 0 Å². The van der Waals surface area contributed by atoms with Crippen molar-refractivity contribution in [1.82, 2.24) is 5.32 Å². The SMILES string of the molecule is CCCNC1CCN(c2ccccc2I)C1=O. The summed E-state index contributed by atoms with van der Waals surface area (Å²) >= 11 is 2.28. The summed E-state index contributed by atoms with van der Waals surface area (Å²) in [5.41, 5.74) is 1.04. The molecule has 0 aromatic heterocycles. The normalized spacial score (nSPS) is 20.0. The molecule has 1 aliphatic rings. The quantitative estimate of drug-likeness (QED) is 0.851. The first-order chi connectivity index (χ1) is 8.24. The lowest BCUT2D eigenvalue weighted by atomic mass is 10.2. The summed E-state index contributed by atoms with van der Waals surface area (Å²) in [6.45, 7) is 3.85. The van der Waals surface area contributed by atoms with Gasteiger partial charge in [0.05, 0.1) is 11.7 Å². The first-order valence-electron chi connectivity index (χ1n) is 6.03. The number of amides is 1. The van der Waals surface area contributed by atoms with Gasteiger partial charge in [-0.15, -0.1) is 0 Å². The van der Waals surface area contributed by atoms with Gasteiger partial charge in [0.2, 0.25) is 5.91 Å². The van der Waals surface area contributed by atoms with Crippen LogP contribution in [-0.2, 0) is 4.79 Å². The molecule has 0 saturated carbocycles. The smallest absolute Gasteiger partial charge is 0.244 e. The number of rotatable bonds is 4. The largest absolute Gasteiger partial charge is 0.310 e. The van der Waals surface area contributed by atoms with Crippen LogP contribution in [0, 0.1) is 3.57 Å². The predicted molar refractivity (Wildman–Crippen MR) is 78.2 cm³/mol. The van der Waals surface area contributed by atoms with Gasteiger partial charge < -0.3 is 10.2 Å². The Bertz CT molecular complexity index is 408. The standard InChI is InChI=1S/C13H17IN2O/c1-2-8-15-11-7-9-16(13(11)17)12-6-4-3-5-10(12)14/h3-6,11,15H,2,7-9H2,1H3. The molecule has 17 heavy (non-hydrogen) atoms. The molecule has 0 spiro atoms. The van der Waals surface area contributed by atoms with Gasteiger partial charge in [-0.2, -0.15) is 0 Å². The Hall–Kier alpha value is -0.620. The van der Waals surface area contributed by atoms with E-state index in [1.165, 1.54) is 0 Å². The molecule has 1 fully saturated rings. The molecule has 1 saturated heterocycles. The molecule has 1 heterocycles. The highest BCUT2D eigenvalue weighted by molar-refractivity contribution is 14.1. The van der Waals surface area contributed by atoms with E-state index in [2.05, 4.69) is 34.8 Å². The zero-order chi connectivity index (χ0) is 12.3. The second kappa shape index (κ2) is 5.82. The molecule has 0 aliphatic carbocycles. The van der Waals surface area contributed by atoms with E-state index in [0.29, 0.717) is 0 Å². The van der Waals surface area contributed by atoms with Crippen molar-refractivity contribution in [1.29, 1.82) is 0 Å². The molecule has 0 radical (unpaired) electrons. The summed E-state index contributed by atoms with van der Waals surface area (Å²) in [5, 5.41) is 3.31. The lowest BCUT2D eigenvalue weighted by molar-refractivity contribution is -0.118. The molecule has 1 amide bonds. The van der Waals surface area contributed by atoms with E-state index in [1.54, 1.807) is 0 Å². The van der Waals surface area contributed by atoms with Crippen molar-refractivity contribution in [2.75, 3.05) is 18.0 Å². The van der Waals surface area contributed by atoms with Crippen LogP contribution in [0.3, 0.4) is 0 Å². The molecule has 4 heteroatoms. The molecule has 3 nitrogen and oxygen atoms in total. The van der Waals surface area contributed by atoms with Crippen LogP contribution in [0.4, 0.5) is 5.69 Å². The molecular weight excluding hydrogens is 327 g/mol. The molecule has 2 rings (SSSR count). The van der Waals surface area contributed by atoms with Gasteiger partial charge in [0, 0.05) is 10.1 Å². The van der Waals surface area contributed by atoms with Gasteiger partial charge in [0.15, 0.2) is 0 Å². The number of hydrogen-bond acceptors (Lipinski definition) is 2. The summed E-state index contributed by atoms with van der Waals surface area (Å²) in [5.74, 6) is 0.211. The van der Waals surface area contributed by atoms with Crippen LogP contribution in [-0.4, -0.2) is 25.0 Å². The number of benzene rings is 1. The van der Waals surface area contributed by atoms with E-state index < -0.39 is 0 Å². The summed E-state index contributed by atoms with van der Waals surface area (Å²) in [6, 6.07) is 8.04. The molecule has 1 aromatic rings. The minimum absolute atomic E-state index is 0.00551. The van der Waals surface area contributed by atoms with Crippen LogP contribution in [0.25, 0.3) is 0 Å². The fraction of sp³-hybridized carbons (Fsp3) is 0.462. The van der Waals surface area contributed by atoms with Gasteiger partial charge in [-0.05, 0) is 54.1 Å². The number of nitrogens with one attached hydrogen (secondary N) is 1. The number of halogens is 1. The maximum Gasteiger partial charge on any atom is 0.244 e. The molecule has 1 atom stereocenters. The molecule has 1 unspecified atom stereocenters. The van der Waals surface area contributed by atoms with Crippen molar-refractivity contribution in [3.63, 3.8) is 0 Å².